The number of rotatable bonds is 9. The highest BCUT2D eigenvalue weighted by atomic mass is 32.2. The molecule has 0 atom stereocenters. The van der Waals surface area contributed by atoms with Crippen molar-refractivity contribution in [3.05, 3.63) is 53.2 Å². The normalized spacial score (nSPS) is 14.9. The second-order valence-electron chi connectivity index (χ2n) is 6.90. The van der Waals surface area contributed by atoms with E-state index in [4.69, 9.17) is 18.9 Å². The largest absolute Gasteiger partial charge is 0.496 e. The first-order chi connectivity index (χ1) is 15.8. The SMILES string of the molecule is CCN(CC)S(=O)(=O)c1ccc(C2=N/C(=C/c3cc(OC)c(OC)cc3OC)C(=O)O2)cc1. The standard InChI is InChI=1S/C23H26N2O7S/c1-6-25(7-2)33(27,28)17-10-8-15(9-11-17)22-24-18(23(26)32-22)12-16-13-20(30-4)21(31-5)14-19(16)29-3/h8-14H,6-7H2,1-5H3/b18-12+. The van der Waals surface area contributed by atoms with Gasteiger partial charge in [-0.05, 0) is 36.4 Å². The number of carbonyl (C=O) groups excluding carboxylic acids is 1. The monoisotopic (exact) mass is 474 g/mol. The fraction of sp³-hybridized carbons (Fsp3) is 0.304. The Balaban J connectivity index is 1.94. The summed E-state index contributed by atoms with van der Waals surface area (Å²) in [6, 6.07) is 9.37. The summed E-state index contributed by atoms with van der Waals surface area (Å²) in [5.41, 5.74) is 1.09. The van der Waals surface area contributed by atoms with Gasteiger partial charge in [0.25, 0.3) is 0 Å². The molecule has 1 heterocycles. The molecule has 0 saturated carbocycles. The first-order valence-corrected chi connectivity index (χ1v) is 11.7. The zero-order valence-corrected chi connectivity index (χ0v) is 19.9. The number of nitrogens with zero attached hydrogens (tertiary/aromatic N) is 2. The Bertz CT molecular complexity index is 1200. The van der Waals surface area contributed by atoms with Gasteiger partial charge in [0.15, 0.2) is 17.2 Å². The van der Waals surface area contributed by atoms with Crippen LogP contribution in [0.5, 0.6) is 17.2 Å². The minimum absolute atomic E-state index is 0.0651. The molecule has 0 N–H and O–H groups in total. The molecule has 0 aliphatic carbocycles. The van der Waals surface area contributed by atoms with Crippen molar-refractivity contribution in [1.29, 1.82) is 0 Å². The molecule has 0 radical (unpaired) electrons. The molecule has 0 bridgehead atoms. The van der Waals surface area contributed by atoms with Gasteiger partial charge in [0, 0.05) is 30.3 Å². The second kappa shape index (κ2) is 10.1. The zero-order valence-electron chi connectivity index (χ0n) is 19.1. The number of carbonyl (C=O) groups is 1. The molecule has 1 aliphatic heterocycles. The summed E-state index contributed by atoms with van der Waals surface area (Å²) >= 11 is 0. The summed E-state index contributed by atoms with van der Waals surface area (Å²) in [4.78, 5) is 16.9. The number of hydrogen-bond donors (Lipinski definition) is 0. The van der Waals surface area contributed by atoms with Crippen LogP contribution in [0.3, 0.4) is 0 Å². The fourth-order valence-corrected chi connectivity index (χ4v) is 4.79. The fourth-order valence-electron chi connectivity index (χ4n) is 3.33. The van der Waals surface area contributed by atoms with E-state index >= 15 is 0 Å². The van der Waals surface area contributed by atoms with Crippen LogP contribution in [0.25, 0.3) is 6.08 Å². The Kier molecular flexibility index (Phi) is 7.39. The van der Waals surface area contributed by atoms with Crippen LogP contribution in [0.2, 0.25) is 0 Å². The van der Waals surface area contributed by atoms with Gasteiger partial charge in [-0.3, -0.25) is 0 Å². The third-order valence-corrected chi connectivity index (χ3v) is 7.16. The molecule has 3 rings (SSSR count). The average Bonchev–Trinajstić information content (AvgIpc) is 3.19. The molecule has 2 aromatic rings. The summed E-state index contributed by atoms with van der Waals surface area (Å²) in [5.74, 6) is 0.849. The number of benzene rings is 2. The summed E-state index contributed by atoms with van der Waals surface area (Å²) in [6.07, 6.45) is 1.52. The van der Waals surface area contributed by atoms with E-state index in [2.05, 4.69) is 4.99 Å². The maximum atomic E-state index is 12.7. The van der Waals surface area contributed by atoms with E-state index in [-0.39, 0.29) is 16.5 Å². The van der Waals surface area contributed by atoms with Crippen molar-refractivity contribution in [1.82, 2.24) is 4.31 Å². The van der Waals surface area contributed by atoms with Crippen molar-refractivity contribution in [3.8, 4) is 17.2 Å². The van der Waals surface area contributed by atoms with Crippen LogP contribution in [0.4, 0.5) is 0 Å². The van der Waals surface area contributed by atoms with Crippen LogP contribution in [0.15, 0.2) is 52.0 Å². The minimum atomic E-state index is -3.59. The molecule has 2 aromatic carbocycles. The predicted octanol–water partition coefficient (Wildman–Crippen LogP) is 3.09. The molecule has 0 unspecified atom stereocenters. The molecule has 9 nitrogen and oxygen atoms in total. The zero-order chi connectivity index (χ0) is 24.2. The Labute approximate surface area is 193 Å². The first-order valence-electron chi connectivity index (χ1n) is 10.2. The predicted molar refractivity (Wildman–Crippen MR) is 123 cm³/mol. The first kappa shape index (κ1) is 24.3. The Hall–Kier alpha value is -3.37. The average molecular weight is 475 g/mol. The highest BCUT2D eigenvalue weighted by molar-refractivity contribution is 7.89. The van der Waals surface area contributed by atoms with Gasteiger partial charge in [-0.25, -0.2) is 18.2 Å². The third kappa shape index (κ3) is 4.86. The van der Waals surface area contributed by atoms with Gasteiger partial charge in [0.1, 0.15) is 5.75 Å². The van der Waals surface area contributed by atoms with Crippen molar-refractivity contribution >= 4 is 28.0 Å². The Morgan fingerprint density at radius 2 is 1.52 bits per heavy atom. The van der Waals surface area contributed by atoms with Gasteiger partial charge < -0.3 is 18.9 Å². The molecular formula is C23H26N2O7S. The Morgan fingerprint density at radius 1 is 0.939 bits per heavy atom. The van der Waals surface area contributed by atoms with E-state index < -0.39 is 16.0 Å². The molecule has 0 aromatic heterocycles. The summed E-state index contributed by atoms with van der Waals surface area (Å²) < 4.78 is 48.0. The van der Waals surface area contributed by atoms with E-state index in [9.17, 15) is 13.2 Å². The maximum Gasteiger partial charge on any atom is 0.363 e. The molecule has 10 heteroatoms. The number of methoxy groups -OCH3 is 3. The lowest BCUT2D eigenvalue weighted by molar-refractivity contribution is -0.129. The van der Waals surface area contributed by atoms with Gasteiger partial charge >= 0.3 is 5.97 Å². The molecule has 0 saturated heterocycles. The topological polar surface area (TPSA) is 104 Å². The van der Waals surface area contributed by atoms with E-state index in [1.54, 1.807) is 38.1 Å². The van der Waals surface area contributed by atoms with Crippen LogP contribution >= 0.6 is 0 Å². The number of aliphatic imine (C=N–C) groups is 1. The van der Waals surface area contributed by atoms with E-state index in [1.165, 1.54) is 43.8 Å². The molecule has 33 heavy (non-hydrogen) atoms. The molecule has 176 valence electrons. The van der Waals surface area contributed by atoms with Crippen molar-refractivity contribution in [2.45, 2.75) is 18.7 Å². The maximum absolute atomic E-state index is 12.7. The highest BCUT2D eigenvalue weighted by Gasteiger charge is 2.26. The van der Waals surface area contributed by atoms with Gasteiger partial charge in [-0.2, -0.15) is 4.31 Å². The van der Waals surface area contributed by atoms with Crippen LogP contribution < -0.4 is 14.2 Å². The number of cyclic esters (lactones) is 1. The van der Waals surface area contributed by atoms with Crippen LogP contribution in [0, 0.1) is 0 Å². The van der Waals surface area contributed by atoms with Crippen LogP contribution in [-0.4, -0.2) is 59.0 Å². The van der Waals surface area contributed by atoms with E-state index in [0.29, 0.717) is 41.5 Å². The summed E-state index contributed by atoms with van der Waals surface area (Å²) in [7, 11) is 0.931. The number of hydrogen-bond acceptors (Lipinski definition) is 8. The van der Waals surface area contributed by atoms with Crippen molar-refractivity contribution in [3.63, 3.8) is 0 Å². The van der Waals surface area contributed by atoms with Gasteiger partial charge in [-0.15, -0.1) is 0 Å². The van der Waals surface area contributed by atoms with Gasteiger partial charge in [0.05, 0.1) is 26.2 Å². The lowest BCUT2D eigenvalue weighted by Gasteiger charge is -2.18. The van der Waals surface area contributed by atoms with Crippen LogP contribution in [0.1, 0.15) is 25.0 Å². The smallest absolute Gasteiger partial charge is 0.363 e. The lowest BCUT2D eigenvalue weighted by Crippen LogP contribution is -2.30. The quantitative estimate of drug-likeness (QED) is 0.406. The summed E-state index contributed by atoms with van der Waals surface area (Å²) in [5, 5.41) is 0. The molecule has 0 amide bonds. The van der Waals surface area contributed by atoms with Gasteiger partial charge in [-0.1, -0.05) is 13.8 Å². The number of sulfonamides is 1. The molecule has 0 fully saturated rings. The lowest BCUT2D eigenvalue weighted by atomic mass is 10.1. The van der Waals surface area contributed by atoms with E-state index in [1.807, 2.05) is 0 Å². The molecular weight excluding hydrogens is 448 g/mol. The van der Waals surface area contributed by atoms with E-state index in [0.717, 1.165) is 0 Å². The van der Waals surface area contributed by atoms with Crippen molar-refractivity contribution in [2.24, 2.45) is 4.99 Å². The Morgan fingerprint density at radius 3 is 2.06 bits per heavy atom. The third-order valence-electron chi connectivity index (χ3n) is 5.09. The number of ether oxygens (including phenoxy) is 4. The molecule has 1 aliphatic rings. The molecule has 0 spiro atoms. The minimum Gasteiger partial charge on any atom is -0.496 e. The summed E-state index contributed by atoms with van der Waals surface area (Å²) in [6.45, 7) is 4.31. The highest BCUT2D eigenvalue weighted by Crippen LogP contribution is 2.36. The number of esters is 1. The second-order valence-corrected chi connectivity index (χ2v) is 8.84. The van der Waals surface area contributed by atoms with Gasteiger partial charge in [0.2, 0.25) is 15.9 Å². The van der Waals surface area contributed by atoms with Crippen molar-refractivity contribution < 1.29 is 32.2 Å². The van der Waals surface area contributed by atoms with Crippen molar-refractivity contribution in [2.75, 3.05) is 34.4 Å². The van der Waals surface area contributed by atoms with Crippen LogP contribution in [-0.2, 0) is 19.6 Å².